The predicted octanol–water partition coefficient (Wildman–Crippen LogP) is 3.45. The summed E-state index contributed by atoms with van der Waals surface area (Å²) in [4.78, 5) is 23.8. The van der Waals surface area contributed by atoms with E-state index in [9.17, 15) is 4.79 Å². The topological polar surface area (TPSA) is 105 Å². The van der Waals surface area contributed by atoms with Crippen LogP contribution < -0.4 is 16.0 Å². The molecule has 0 unspecified atom stereocenters. The number of carbonyl (C=O) groups excluding carboxylic acids is 1. The van der Waals surface area contributed by atoms with E-state index in [0.29, 0.717) is 17.3 Å². The Labute approximate surface area is 230 Å². The van der Waals surface area contributed by atoms with Crippen molar-refractivity contribution >= 4 is 23.6 Å². The number of rotatable bonds is 14. The number of nitrogens with one attached hydrogen (secondary N) is 3. The number of carbonyl (C=O) groups is 1. The average molecular weight is 540 g/mol. The number of nitrogens with zero attached hydrogens (tertiary/aromatic N) is 4. The van der Waals surface area contributed by atoms with Crippen LogP contribution in [0.1, 0.15) is 44.3 Å². The summed E-state index contributed by atoms with van der Waals surface area (Å²) in [6.07, 6.45) is 11.2. The van der Waals surface area contributed by atoms with E-state index >= 15 is 0 Å². The fourth-order valence-electron chi connectivity index (χ4n) is 2.11. The molecule has 0 spiro atoms. The summed E-state index contributed by atoms with van der Waals surface area (Å²) in [6.45, 7) is 18.4. The van der Waals surface area contributed by atoms with Crippen molar-refractivity contribution in [2.24, 2.45) is 10.9 Å². The van der Waals surface area contributed by atoms with Gasteiger partial charge < -0.3 is 30.9 Å². The van der Waals surface area contributed by atoms with Crippen molar-refractivity contribution in [1.29, 1.82) is 0 Å². The van der Waals surface area contributed by atoms with Gasteiger partial charge in [0.25, 0.3) is 5.91 Å². The van der Waals surface area contributed by atoms with Gasteiger partial charge in [-0.2, -0.15) is 0 Å². The molecule has 1 aromatic heterocycles. The van der Waals surface area contributed by atoms with Gasteiger partial charge in [-0.05, 0) is 19.9 Å². The Morgan fingerprint density at radius 1 is 1.24 bits per heavy atom. The van der Waals surface area contributed by atoms with Crippen molar-refractivity contribution in [2.45, 2.75) is 34.6 Å². The predicted molar refractivity (Wildman–Crippen MR) is 162 cm³/mol. The van der Waals surface area contributed by atoms with Gasteiger partial charge in [-0.25, -0.2) is 0 Å². The molecule has 4 N–H and O–H groups in total. The third-order valence-electron chi connectivity index (χ3n) is 4.25. The van der Waals surface area contributed by atoms with Crippen molar-refractivity contribution in [3.8, 4) is 0 Å². The molecule has 0 bridgehead atoms. The van der Waals surface area contributed by atoms with Crippen molar-refractivity contribution < 1.29 is 9.90 Å². The van der Waals surface area contributed by atoms with Gasteiger partial charge in [0.2, 0.25) is 0 Å². The minimum Gasteiger partial charge on any atom is -0.395 e. The van der Waals surface area contributed by atoms with Crippen LogP contribution in [0.3, 0.4) is 0 Å². The SMILES string of the molecule is C=C(NC)N(C)CCN(C)CCO.CC.CC(C)/C=C\C=C/CNC(=O)c1cncs1.CCNC=NC. The van der Waals surface area contributed by atoms with Crippen LogP contribution in [-0.2, 0) is 0 Å². The third-order valence-corrected chi connectivity index (χ3v) is 5.02. The first kappa shape index (κ1) is 38.8. The lowest BCUT2D eigenvalue weighted by Gasteiger charge is -2.24. The number of thiazole rings is 1. The van der Waals surface area contributed by atoms with Gasteiger partial charge in [0.15, 0.2) is 0 Å². The number of aliphatic hydroxyl groups excluding tert-OH is 1. The quantitative estimate of drug-likeness (QED) is 0.163. The molecule has 1 heterocycles. The molecule has 10 heteroatoms. The second-order valence-electron chi connectivity index (χ2n) is 7.72. The summed E-state index contributed by atoms with van der Waals surface area (Å²) in [5.74, 6) is 1.40. The van der Waals surface area contributed by atoms with Gasteiger partial charge in [0, 0.05) is 53.9 Å². The van der Waals surface area contributed by atoms with Crippen molar-refractivity contribution in [3.63, 3.8) is 0 Å². The van der Waals surface area contributed by atoms with Gasteiger partial charge in [0.05, 0.1) is 30.5 Å². The number of aliphatic imine (C=N–C) groups is 1. The fourth-order valence-corrected chi connectivity index (χ4v) is 2.65. The lowest BCUT2D eigenvalue weighted by Crippen LogP contribution is -2.34. The number of hydrogen-bond donors (Lipinski definition) is 4. The molecular weight excluding hydrogens is 486 g/mol. The standard InChI is InChI=1S/C12H16N2OS.C9H21N3O.C4H10N2.C2H6/c1-10(2)6-4-3-5-7-14-12(15)11-8-13-9-16-11;1-9(10-2)12(4)6-5-11(3)7-8-13;1-3-6-4-5-2;1-2/h3-6,8-10H,7H2,1-2H3,(H,14,15);10,13H,1,5-8H2,2-4H3;4H,3H2,1-2H3,(H,5,6);1-2H3/b5-3-,6-4-;;;. The van der Waals surface area contributed by atoms with Gasteiger partial charge in [-0.3, -0.25) is 14.8 Å². The molecular formula is C27H53N7O2S. The number of aromatic nitrogens is 1. The Morgan fingerprint density at radius 2 is 1.92 bits per heavy atom. The normalized spacial score (nSPS) is 10.4. The number of aliphatic hydroxyl groups is 1. The summed E-state index contributed by atoms with van der Waals surface area (Å²) in [7, 11) is 7.58. The largest absolute Gasteiger partial charge is 0.395 e. The molecule has 0 saturated heterocycles. The van der Waals surface area contributed by atoms with Crippen LogP contribution >= 0.6 is 11.3 Å². The number of allylic oxidation sites excluding steroid dienone is 3. The highest BCUT2D eigenvalue weighted by molar-refractivity contribution is 7.11. The summed E-state index contributed by atoms with van der Waals surface area (Å²) in [6, 6.07) is 0. The summed E-state index contributed by atoms with van der Waals surface area (Å²) < 4.78 is 0. The zero-order valence-corrected chi connectivity index (χ0v) is 25.4. The minimum absolute atomic E-state index is 0.0695. The lowest BCUT2D eigenvalue weighted by atomic mass is 10.2. The molecule has 9 nitrogen and oxygen atoms in total. The maximum atomic E-state index is 11.5. The molecule has 214 valence electrons. The Balaban J connectivity index is -0.000000494. The van der Waals surface area contributed by atoms with Gasteiger partial charge in [0.1, 0.15) is 4.88 Å². The smallest absolute Gasteiger partial charge is 0.263 e. The van der Waals surface area contributed by atoms with Gasteiger partial charge in [-0.1, -0.05) is 58.6 Å². The van der Waals surface area contributed by atoms with Crippen LogP contribution in [-0.4, -0.2) is 99.7 Å². The van der Waals surface area contributed by atoms with E-state index < -0.39 is 0 Å². The highest BCUT2D eigenvalue weighted by Crippen LogP contribution is 2.04. The monoisotopic (exact) mass is 539 g/mol. The summed E-state index contributed by atoms with van der Waals surface area (Å²) in [5, 5.41) is 17.3. The molecule has 0 aromatic carbocycles. The average Bonchev–Trinajstić information content (AvgIpc) is 3.44. The third kappa shape index (κ3) is 27.7. The first-order chi connectivity index (χ1) is 17.7. The first-order valence-electron chi connectivity index (χ1n) is 12.7. The highest BCUT2D eigenvalue weighted by Gasteiger charge is 2.04. The molecule has 0 radical (unpaired) electrons. The zero-order valence-electron chi connectivity index (χ0n) is 24.6. The maximum absolute atomic E-state index is 11.5. The van der Waals surface area contributed by atoms with Gasteiger partial charge >= 0.3 is 0 Å². The highest BCUT2D eigenvalue weighted by atomic mass is 32.1. The van der Waals surface area contributed by atoms with E-state index in [-0.39, 0.29) is 12.5 Å². The van der Waals surface area contributed by atoms with Crippen LogP contribution in [0.2, 0.25) is 0 Å². The van der Waals surface area contributed by atoms with E-state index in [0.717, 1.165) is 32.0 Å². The molecule has 1 rings (SSSR count). The summed E-state index contributed by atoms with van der Waals surface area (Å²) in [5.41, 5.74) is 1.65. The van der Waals surface area contributed by atoms with Crippen molar-refractivity contribution in [3.05, 3.63) is 53.3 Å². The van der Waals surface area contributed by atoms with E-state index in [2.05, 4.69) is 57.3 Å². The maximum Gasteiger partial charge on any atom is 0.263 e. The Morgan fingerprint density at radius 3 is 2.38 bits per heavy atom. The molecule has 0 fully saturated rings. The molecule has 0 aliphatic heterocycles. The molecule has 1 aromatic rings. The Hall–Kier alpha value is -2.69. The van der Waals surface area contributed by atoms with Crippen LogP contribution in [0.25, 0.3) is 0 Å². The Kier molecular flexibility index (Phi) is 31.0. The lowest BCUT2D eigenvalue weighted by molar-refractivity contribution is 0.0962. The Bertz CT molecular complexity index is 720. The van der Waals surface area contributed by atoms with E-state index in [1.165, 1.54) is 11.3 Å². The van der Waals surface area contributed by atoms with Gasteiger partial charge in [-0.15, -0.1) is 11.3 Å². The fraction of sp³-hybridized carbons (Fsp3) is 0.593. The second kappa shape index (κ2) is 29.5. The van der Waals surface area contributed by atoms with Crippen molar-refractivity contribution in [2.75, 3.05) is 67.5 Å². The first-order valence-corrected chi connectivity index (χ1v) is 13.6. The van der Waals surface area contributed by atoms with Crippen molar-refractivity contribution in [1.82, 2.24) is 30.7 Å². The van der Waals surface area contributed by atoms with Crippen LogP contribution in [0, 0.1) is 5.92 Å². The van der Waals surface area contributed by atoms with E-state index in [1.807, 2.05) is 65.0 Å². The van der Waals surface area contributed by atoms with Crippen LogP contribution in [0.4, 0.5) is 0 Å². The molecule has 37 heavy (non-hydrogen) atoms. The molecule has 0 saturated carbocycles. The molecule has 0 atom stereocenters. The number of likely N-dealkylation sites (N-methyl/N-ethyl adjacent to an activating group) is 2. The van der Waals surface area contributed by atoms with Crippen LogP contribution in [0.5, 0.6) is 0 Å². The molecule has 0 aliphatic rings. The summed E-state index contributed by atoms with van der Waals surface area (Å²) >= 11 is 1.34. The zero-order chi connectivity index (χ0) is 28.9. The second-order valence-corrected chi connectivity index (χ2v) is 8.61. The van der Waals surface area contributed by atoms with Crippen LogP contribution in [0.15, 0.2) is 53.4 Å². The molecule has 0 aliphatic carbocycles. The number of hydrogen-bond acceptors (Lipinski definition) is 8. The number of amides is 1. The minimum atomic E-state index is -0.0695. The molecule has 1 amide bonds. The van der Waals surface area contributed by atoms with E-state index in [4.69, 9.17) is 5.11 Å². The van der Waals surface area contributed by atoms with E-state index in [1.54, 1.807) is 25.1 Å².